The van der Waals surface area contributed by atoms with E-state index >= 15 is 0 Å². The van der Waals surface area contributed by atoms with Crippen molar-refractivity contribution in [2.24, 2.45) is 0 Å². The van der Waals surface area contributed by atoms with Crippen LogP contribution >= 0.6 is 0 Å². The largest absolute Gasteiger partial charge is 0.490 e. The molecule has 0 atom stereocenters. The number of nitrogens with zero attached hydrogens (tertiary/aromatic N) is 3. The van der Waals surface area contributed by atoms with Gasteiger partial charge in [-0.15, -0.1) is 0 Å². The second kappa shape index (κ2) is 7.54. The predicted octanol–water partition coefficient (Wildman–Crippen LogP) is 3.53. The summed E-state index contributed by atoms with van der Waals surface area (Å²) in [7, 11) is 0. The molecule has 2 heterocycles. The van der Waals surface area contributed by atoms with Gasteiger partial charge in [0.15, 0.2) is 17.4 Å². The normalized spacial score (nSPS) is 11.2. The van der Waals surface area contributed by atoms with Crippen LogP contribution in [0.2, 0.25) is 0 Å². The number of amides is 1. The Hall–Kier alpha value is -2.91. The first-order chi connectivity index (χ1) is 12.1. The Bertz CT molecular complexity index is 824. The van der Waals surface area contributed by atoms with Crippen LogP contribution in [0.4, 0.5) is 30.5 Å². The second-order valence-corrected chi connectivity index (χ2v) is 5.49. The van der Waals surface area contributed by atoms with Crippen molar-refractivity contribution in [2.75, 3.05) is 17.2 Å². The van der Waals surface area contributed by atoms with Crippen LogP contribution in [0, 0.1) is 12.7 Å². The monoisotopic (exact) mass is 369 g/mol. The van der Waals surface area contributed by atoms with Crippen molar-refractivity contribution in [3.63, 3.8) is 0 Å². The molecule has 0 aliphatic carbocycles. The van der Waals surface area contributed by atoms with E-state index in [1.165, 1.54) is 26.1 Å². The van der Waals surface area contributed by atoms with E-state index in [9.17, 15) is 18.0 Å². The quantitative estimate of drug-likeness (QED) is 0.810. The molecule has 0 bridgehead atoms. The Kier molecular flexibility index (Phi) is 5.63. The fourth-order valence-corrected chi connectivity index (χ4v) is 2.03. The first kappa shape index (κ1) is 19.4. The minimum absolute atomic E-state index is 0.177. The molecule has 0 aliphatic heterocycles. The molecule has 1 amide bonds. The molecule has 2 rings (SSSR count). The number of aromatic nitrogens is 3. The second-order valence-electron chi connectivity index (χ2n) is 5.49. The highest BCUT2D eigenvalue weighted by molar-refractivity contribution is 5.88. The van der Waals surface area contributed by atoms with Crippen molar-refractivity contribution < 1.29 is 22.7 Å². The molecule has 7 nitrogen and oxygen atoms in total. The summed E-state index contributed by atoms with van der Waals surface area (Å²) in [5.41, 5.74) is -0.0268. The summed E-state index contributed by atoms with van der Waals surface area (Å²) in [6.07, 6.45) is 1.32. The number of aryl methyl sites for hydroxylation is 1. The summed E-state index contributed by atoms with van der Waals surface area (Å²) in [5.74, 6) is -5.40. The highest BCUT2D eigenvalue weighted by Crippen LogP contribution is 2.32. The van der Waals surface area contributed by atoms with Gasteiger partial charge in [0.2, 0.25) is 11.7 Å². The van der Waals surface area contributed by atoms with Gasteiger partial charge in [-0.25, -0.2) is 19.3 Å². The van der Waals surface area contributed by atoms with Crippen LogP contribution in [0.5, 0.6) is 5.75 Å². The molecule has 0 aromatic carbocycles. The maximum atomic E-state index is 14.3. The summed E-state index contributed by atoms with van der Waals surface area (Å²) in [4.78, 5) is 22.2. The van der Waals surface area contributed by atoms with E-state index in [2.05, 4.69) is 25.6 Å². The third kappa shape index (κ3) is 4.58. The Morgan fingerprint density at radius 3 is 2.62 bits per heavy atom. The van der Waals surface area contributed by atoms with Crippen molar-refractivity contribution in [3.05, 3.63) is 29.6 Å². The molecular formula is C16H18F3N5O2. The zero-order valence-electron chi connectivity index (χ0n) is 14.7. The Morgan fingerprint density at radius 1 is 1.35 bits per heavy atom. The van der Waals surface area contributed by atoms with Crippen LogP contribution in [0.15, 0.2) is 12.3 Å². The van der Waals surface area contributed by atoms with Crippen molar-refractivity contribution in [3.8, 4) is 5.75 Å². The van der Waals surface area contributed by atoms with Gasteiger partial charge in [0.25, 0.3) is 0 Å². The third-order valence-corrected chi connectivity index (χ3v) is 3.13. The molecule has 0 spiro atoms. The summed E-state index contributed by atoms with van der Waals surface area (Å²) >= 11 is 0. The van der Waals surface area contributed by atoms with Gasteiger partial charge in [0, 0.05) is 19.9 Å². The Balaban J connectivity index is 2.49. The number of alkyl halides is 2. The van der Waals surface area contributed by atoms with Gasteiger partial charge < -0.3 is 15.4 Å². The minimum Gasteiger partial charge on any atom is -0.490 e. The van der Waals surface area contributed by atoms with Crippen molar-refractivity contribution in [2.45, 2.75) is 33.6 Å². The van der Waals surface area contributed by atoms with Gasteiger partial charge in [-0.3, -0.25) is 4.79 Å². The molecule has 0 saturated carbocycles. The van der Waals surface area contributed by atoms with Crippen LogP contribution in [-0.4, -0.2) is 27.5 Å². The van der Waals surface area contributed by atoms with Gasteiger partial charge >= 0.3 is 5.92 Å². The number of halogens is 3. The van der Waals surface area contributed by atoms with Gasteiger partial charge in [-0.2, -0.15) is 8.78 Å². The van der Waals surface area contributed by atoms with E-state index in [0.717, 1.165) is 0 Å². The standard InChI is InChI=1S/C16H18F3N5O2/c1-5-26-11-7-20-12(22-9(3)25)6-10(11)23-14-13(17)8(2)21-15(24-14)16(4,18)19/h6-7H,5H2,1-4H3,(H2,20,21,22,23,24,25). The number of rotatable bonds is 6. The molecule has 10 heteroatoms. The summed E-state index contributed by atoms with van der Waals surface area (Å²) in [5, 5.41) is 5.09. The highest BCUT2D eigenvalue weighted by atomic mass is 19.3. The lowest BCUT2D eigenvalue weighted by Gasteiger charge is -2.16. The minimum atomic E-state index is -3.34. The van der Waals surface area contributed by atoms with Crippen LogP contribution in [0.3, 0.4) is 0 Å². The third-order valence-electron chi connectivity index (χ3n) is 3.13. The number of hydrogen-bond donors (Lipinski definition) is 2. The van der Waals surface area contributed by atoms with E-state index in [0.29, 0.717) is 13.5 Å². The maximum absolute atomic E-state index is 14.3. The van der Waals surface area contributed by atoms with Gasteiger partial charge in [0.05, 0.1) is 24.2 Å². The number of carbonyl (C=O) groups is 1. The molecule has 2 aromatic rings. The van der Waals surface area contributed by atoms with Crippen molar-refractivity contribution in [1.29, 1.82) is 0 Å². The molecule has 140 valence electrons. The number of hydrogen-bond acceptors (Lipinski definition) is 6. The lowest BCUT2D eigenvalue weighted by atomic mass is 10.3. The van der Waals surface area contributed by atoms with Crippen molar-refractivity contribution in [1.82, 2.24) is 15.0 Å². The fourth-order valence-electron chi connectivity index (χ4n) is 2.03. The predicted molar refractivity (Wildman–Crippen MR) is 89.3 cm³/mol. The molecule has 0 unspecified atom stereocenters. The average Bonchev–Trinajstić information content (AvgIpc) is 2.52. The van der Waals surface area contributed by atoms with Crippen LogP contribution in [0.1, 0.15) is 32.3 Å². The lowest BCUT2D eigenvalue weighted by molar-refractivity contribution is -0.114. The molecule has 26 heavy (non-hydrogen) atoms. The molecular weight excluding hydrogens is 351 g/mol. The zero-order chi connectivity index (χ0) is 19.5. The summed E-state index contributed by atoms with van der Waals surface area (Å²) < 4.78 is 46.8. The molecule has 2 aromatic heterocycles. The molecule has 0 saturated heterocycles. The fraction of sp³-hybridized carbons (Fsp3) is 0.375. The lowest BCUT2D eigenvalue weighted by Crippen LogP contribution is -2.16. The Morgan fingerprint density at radius 2 is 2.04 bits per heavy atom. The van der Waals surface area contributed by atoms with E-state index in [4.69, 9.17) is 4.74 Å². The summed E-state index contributed by atoms with van der Waals surface area (Å²) in [6, 6.07) is 1.38. The first-order valence-corrected chi connectivity index (χ1v) is 7.71. The smallest absolute Gasteiger partial charge is 0.303 e. The number of carbonyl (C=O) groups excluding carboxylic acids is 1. The summed E-state index contributed by atoms with van der Waals surface area (Å²) in [6.45, 7) is 5.21. The zero-order valence-corrected chi connectivity index (χ0v) is 14.7. The van der Waals surface area contributed by atoms with Crippen LogP contribution in [-0.2, 0) is 10.7 Å². The van der Waals surface area contributed by atoms with Crippen LogP contribution < -0.4 is 15.4 Å². The number of nitrogens with one attached hydrogen (secondary N) is 2. The number of pyridine rings is 1. The SMILES string of the molecule is CCOc1cnc(NC(C)=O)cc1Nc1nc(C(C)(F)F)nc(C)c1F. The average molecular weight is 369 g/mol. The molecule has 0 radical (unpaired) electrons. The Labute approximate surface area is 148 Å². The van der Waals surface area contributed by atoms with Crippen LogP contribution in [0.25, 0.3) is 0 Å². The maximum Gasteiger partial charge on any atom is 0.303 e. The number of anilines is 3. The molecule has 0 fully saturated rings. The van der Waals surface area contributed by atoms with Gasteiger partial charge in [-0.1, -0.05) is 0 Å². The van der Waals surface area contributed by atoms with Crippen molar-refractivity contribution >= 4 is 23.2 Å². The highest BCUT2D eigenvalue weighted by Gasteiger charge is 2.30. The molecule has 0 aliphatic rings. The van der Waals surface area contributed by atoms with Gasteiger partial charge in [-0.05, 0) is 13.8 Å². The van der Waals surface area contributed by atoms with E-state index in [-0.39, 0.29) is 28.9 Å². The van der Waals surface area contributed by atoms with E-state index in [1.807, 2.05) is 0 Å². The topological polar surface area (TPSA) is 89.0 Å². The molecule has 2 N–H and O–H groups in total. The number of ether oxygens (including phenoxy) is 1. The van der Waals surface area contributed by atoms with E-state index in [1.54, 1.807) is 6.92 Å². The van der Waals surface area contributed by atoms with E-state index < -0.39 is 23.4 Å². The van der Waals surface area contributed by atoms with Gasteiger partial charge in [0.1, 0.15) is 5.82 Å². The first-order valence-electron chi connectivity index (χ1n) is 7.71.